The van der Waals surface area contributed by atoms with Crippen LogP contribution in [0.25, 0.3) is 0 Å². The minimum Gasteiger partial charge on any atom is -0.491 e. The van der Waals surface area contributed by atoms with Crippen LogP contribution in [0.3, 0.4) is 0 Å². The maximum absolute atomic E-state index is 5.69. The number of guanidine groups is 1. The van der Waals surface area contributed by atoms with Crippen LogP contribution >= 0.6 is 35.3 Å². The Morgan fingerprint density at radius 1 is 1.19 bits per heavy atom. The van der Waals surface area contributed by atoms with Gasteiger partial charge < -0.3 is 20.1 Å². The van der Waals surface area contributed by atoms with Crippen LogP contribution in [0.2, 0.25) is 0 Å². The minimum atomic E-state index is 0. The fourth-order valence-corrected chi connectivity index (χ4v) is 3.03. The molecule has 2 N–H and O–H groups in total. The Hall–Kier alpha value is -1.32. The minimum absolute atomic E-state index is 0. The lowest BCUT2D eigenvalue weighted by atomic mass is 10.3. The number of aliphatic imine (C=N–C) groups is 1. The maximum atomic E-state index is 5.69. The third kappa shape index (κ3) is 9.97. The molecule has 0 fully saturated rings. The molecule has 0 aliphatic heterocycles. The molecule has 0 bridgehead atoms. The van der Waals surface area contributed by atoms with Gasteiger partial charge in [-0.15, -0.1) is 35.3 Å². The normalized spacial score (nSPS) is 11.2. The van der Waals surface area contributed by atoms with Crippen molar-refractivity contribution >= 4 is 47.0 Å². The molecule has 0 spiro atoms. The van der Waals surface area contributed by atoms with Crippen molar-refractivity contribution in [2.24, 2.45) is 4.99 Å². The molecule has 2 rings (SSSR count). The van der Waals surface area contributed by atoms with Gasteiger partial charge in [-0.05, 0) is 62.4 Å². The highest BCUT2D eigenvalue weighted by Crippen LogP contribution is 2.17. The van der Waals surface area contributed by atoms with Gasteiger partial charge in [0.05, 0.1) is 6.10 Å². The number of halogens is 1. The van der Waals surface area contributed by atoms with Crippen molar-refractivity contribution in [3.63, 3.8) is 0 Å². The summed E-state index contributed by atoms with van der Waals surface area (Å²) in [5.74, 6) is 1.66. The van der Waals surface area contributed by atoms with E-state index in [0.717, 1.165) is 43.3 Å². The summed E-state index contributed by atoms with van der Waals surface area (Å²) in [5, 5.41) is 8.87. The summed E-state index contributed by atoms with van der Waals surface area (Å²) >= 11 is 1.78. The van der Waals surface area contributed by atoms with Crippen LogP contribution < -0.4 is 15.4 Å². The van der Waals surface area contributed by atoms with Gasteiger partial charge >= 0.3 is 0 Å². The van der Waals surface area contributed by atoms with Crippen molar-refractivity contribution < 1.29 is 9.47 Å². The highest BCUT2D eigenvalue weighted by molar-refractivity contribution is 14.0. The largest absolute Gasteiger partial charge is 0.491 e. The lowest BCUT2D eigenvalue weighted by molar-refractivity contribution is 0.197. The average molecular weight is 503 g/mol. The van der Waals surface area contributed by atoms with Crippen LogP contribution in [-0.4, -0.2) is 38.9 Å². The Balaban J connectivity index is 0.00000364. The first kappa shape index (κ1) is 23.7. The zero-order valence-electron chi connectivity index (χ0n) is 16.2. The van der Waals surface area contributed by atoms with Crippen molar-refractivity contribution in [1.82, 2.24) is 5.32 Å². The highest BCUT2D eigenvalue weighted by atomic mass is 127. The molecule has 1 aromatic carbocycles. The average Bonchev–Trinajstić information content (AvgIpc) is 3.13. The van der Waals surface area contributed by atoms with Crippen LogP contribution in [0, 0.1) is 0 Å². The Kier molecular flexibility index (Phi) is 12.1. The van der Waals surface area contributed by atoms with Crippen molar-refractivity contribution in [2.75, 3.05) is 32.1 Å². The molecule has 0 saturated carbocycles. The number of nitrogens with one attached hydrogen (secondary N) is 2. The van der Waals surface area contributed by atoms with E-state index in [-0.39, 0.29) is 30.1 Å². The second-order valence-corrected chi connectivity index (χ2v) is 7.18. The predicted octanol–water partition coefficient (Wildman–Crippen LogP) is 4.79. The van der Waals surface area contributed by atoms with Gasteiger partial charge in [0.2, 0.25) is 0 Å². The van der Waals surface area contributed by atoms with Gasteiger partial charge in [0, 0.05) is 37.4 Å². The van der Waals surface area contributed by atoms with Crippen LogP contribution in [0.15, 0.2) is 46.8 Å². The van der Waals surface area contributed by atoms with Gasteiger partial charge in [-0.1, -0.05) is 6.07 Å². The van der Waals surface area contributed by atoms with Crippen molar-refractivity contribution in [3.8, 4) is 5.75 Å². The molecular formula is C20H30IN3O2S. The standard InChI is InChI=1S/C20H29N3O2S.HI/c1-16(2)25-18-9-7-17(8-10-18)23-20(21-12-5-14-24-3)22-13-11-19-6-4-15-26-19;/h4,6-10,15-16H,5,11-14H2,1-3H3,(H2,21,22,23);1H. The molecule has 2 aromatic rings. The number of methoxy groups -OCH3 is 1. The number of thiophene rings is 1. The summed E-state index contributed by atoms with van der Waals surface area (Å²) in [6.07, 6.45) is 2.05. The first-order chi connectivity index (χ1) is 12.7. The van der Waals surface area contributed by atoms with Crippen LogP contribution in [-0.2, 0) is 11.2 Å². The Morgan fingerprint density at radius 2 is 1.96 bits per heavy atom. The van der Waals surface area contributed by atoms with Crippen LogP contribution in [0.4, 0.5) is 5.69 Å². The van der Waals surface area contributed by atoms with Gasteiger partial charge in [0.25, 0.3) is 0 Å². The molecule has 0 saturated heterocycles. The molecule has 1 heterocycles. The smallest absolute Gasteiger partial charge is 0.195 e. The summed E-state index contributed by atoms with van der Waals surface area (Å²) in [6, 6.07) is 12.2. The van der Waals surface area contributed by atoms with E-state index < -0.39 is 0 Å². The molecule has 0 radical (unpaired) electrons. The Labute approximate surface area is 183 Å². The van der Waals surface area contributed by atoms with E-state index in [1.807, 2.05) is 38.1 Å². The predicted molar refractivity (Wildman–Crippen MR) is 126 cm³/mol. The molecule has 1 aromatic heterocycles. The SMILES string of the molecule is COCCCN=C(NCCc1cccs1)Nc1ccc(OC(C)C)cc1.I. The zero-order valence-corrected chi connectivity index (χ0v) is 19.4. The van der Waals surface area contributed by atoms with Crippen molar-refractivity contribution in [1.29, 1.82) is 0 Å². The van der Waals surface area contributed by atoms with Gasteiger partial charge in [0.1, 0.15) is 5.75 Å². The summed E-state index contributed by atoms with van der Waals surface area (Å²) < 4.78 is 10.8. The molecule has 0 atom stereocenters. The second-order valence-electron chi connectivity index (χ2n) is 6.15. The Bertz CT molecular complexity index is 646. The number of ether oxygens (including phenoxy) is 2. The summed E-state index contributed by atoms with van der Waals surface area (Å²) in [4.78, 5) is 6.00. The first-order valence-electron chi connectivity index (χ1n) is 9.00. The molecule has 150 valence electrons. The van der Waals surface area contributed by atoms with Gasteiger partial charge in [-0.2, -0.15) is 0 Å². The van der Waals surface area contributed by atoms with Crippen molar-refractivity contribution in [3.05, 3.63) is 46.7 Å². The molecule has 5 nitrogen and oxygen atoms in total. The van der Waals surface area contributed by atoms with E-state index in [9.17, 15) is 0 Å². The molecule has 7 heteroatoms. The van der Waals surface area contributed by atoms with Crippen LogP contribution in [0.5, 0.6) is 5.75 Å². The topological polar surface area (TPSA) is 54.9 Å². The fourth-order valence-electron chi connectivity index (χ4n) is 2.32. The number of hydrogen-bond acceptors (Lipinski definition) is 4. The molecule has 0 unspecified atom stereocenters. The second kappa shape index (κ2) is 13.8. The molecule has 0 aliphatic carbocycles. The third-order valence-corrected chi connectivity index (χ3v) is 4.45. The number of hydrogen-bond donors (Lipinski definition) is 2. The van der Waals surface area contributed by atoms with Gasteiger partial charge in [-0.25, -0.2) is 0 Å². The molecule has 0 aliphatic rings. The number of rotatable bonds is 10. The lowest BCUT2D eigenvalue weighted by Crippen LogP contribution is -2.32. The van der Waals surface area contributed by atoms with Gasteiger partial charge in [-0.3, -0.25) is 4.99 Å². The summed E-state index contributed by atoms with van der Waals surface area (Å²) in [6.45, 7) is 6.32. The van der Waals surface area contributed by atoms with E-state index in [4.69, 9.17) is 9.47 Å². The van der Waals surface area contributed by atoms with E-state index in [1.54, 1.807) is 18.4 Å². The fraction of sp³-hybridized carbons (Fsp3) is 0.450. The van der Waals surface area contributed by atoms with Gasteiger partial charge in [0.15, 0.2) is 5.96 Å². The molecular weight excluding hydrogens is 473 g/mol. The first-order valence-corrected chi connectivity index (χ1v) is 9.88. The Morgan fingerprint density at radius 3 is 2.59 bits per heavy atom. The third-order valence-electron chi connectivity index (χ3n) is 3.51. The monoisotopic (exact) mass is 503 g/mol. The lowest BCUT2D eigenvalue weighted by Gasteiger charge is -2.14. The van der Waals surface area contributed by atoms with E-state index >= 15 is 0 Å². The maximum Gasteiger partial charge on any atom is 0.195 e. The van der Waals surface area contributed by atoms with Crippen LogP contribution in [0.1, 0.15) is 25.1 Å². The van der Waals surface area contributed by atoms with E-state index in [1.165, 1.54) is 4.88 Å². The molecule has 27 heavy (non-hydrogen) atoms. The zero-order chi connectivity index (χ0) is 18.6. The molecule has 0 amide bonds. The highest BCUT2D eigenvalue weighted by Gasteiger charge is 2.03. The van der Waals surface area contributed by atoms with E-state index in [0.29, 0.717) is 6.61 Å². The summed E-state index contributed by atoms with van der Waals surface area (Å²) in [5.41, 5.74) is 0.982. The number of anilines is 1. The van der Waals surface area contributed by atoms with E-state index in [2.05, 4.69) is 33.1 Å². The van der Waals surface area contributed by atoms with Crippen molar-refractivity contribution in [2.45, 2.75) is 32.8 Å². The quantitative estimate of drug-likeness (QED) is 0.212. The summed E-state index contributed by atoms with van der Waals surface area (Å²) in [7, 11) is 1.71. The number of nitrogens with zero attached hydrogens (tertiary/aromatic N) is 1. The number of benzene rings is 1.